The summed E-state index contributed by atoms with van der Waals surface area (Å²) in [4.78, 5) is 15.0. The van der Waals surface area contributed by atoms with Crippen molar-refractivity contribution >= 4 is 17.5 Å². The molecule has 1 heterocycles. The van der Waals surface area contributed by atoms with E-state index in [4.69, 9.17) is 16.3 Å². The number of nitrogens with zero attached hydrogens (tertiary/aromatic N) is 1. The van der Waals surface area contributed by atoms with Crippen molar-refractivity contribution in [2.45, 2.75) is 50.1 Å². The number of rotatable bonds is 4. The lowest BCUT2D eigenvalue weighted by molar-refractivity contribution is -0.127. The van der Waals surface area contributed by atoms with Crippen LogP contribution >= 0.6 is 11.6 Å². The van der Waals surface area contributed by atoms with Crippen molar-refractivity contribution in [3.05, 3.63) is 23.8 Å². The Morgan fingerprint density at radius 2 is 2.09 bits per heavy atom. The van der Waals surface area contributed by atoms with E-state index in [0.29, 0.717) is 25.6 Å². The zero-order valence-corrected chi connectivity index (χ0v) is 14.6. The average molecular weight is 339 g/mol. The zero-order chi connectivity index (χ0) is 16.3. The van der Waals surface area contributed by atoms with Crippen LogP contribution in [-0.4, -0.2) is 48.2 Å². The van der Waals surface area contributed by atoms with Crippen molar-refractivity contribution in [2.75, 3.05) is 26.3 Å². The summed E-state index contributed by atoms with van der Waals surface area (Å²) in [6, 6.07) is 0. The Morgan fingerprint density at radius 1 is 1.39 bits per heavy atom. The molecule has 4 nitrogen and oxygen atoms in total. The minimum atomic E-state index is -0.615. The molecule has 0 aromatic carbocycles. The number of ether oxygens (including phenoxy) is 1. The van der Waals surface area contributed by atoms with Crippen LogP contribution < -0.4 is 5.32 Å². The fourth-order valence-corrected chi connectivity index (χ4v) is 4.56. The molecule has 2 atom stereocenters. The number of hydrogen-bond donors (Lipinski definition) is 1. The lowest BCUT2D eigenvalue weighted by atomic mass is 9.88. The third kappa shape index (κ3) is 3.49. The molecule has 3 rings (SSSR count). The minimum absolute atomic E-state index is 0.122. The third-order valence-corrected chi connectivity index (χ3v) is 5.88. The highest BCUT2D eigenvalue weighted by atomic mass is 35.5. The summed E-state index contributed by atoms with van der Waals surface area (Å²) in [6.45, 7) is 4.99. The van der Waals surface area contributed by atoms with Crippen molar-refractivity contribution in [1.29, 1.82) is 0 Å². The summed E-state index contributed by atoms with van der Waals surface area (Å²) in [5.41, 5.74) is 0.483. The van der Waals surface area contributed by atoms with Crippen molar-refractivity contribution in [3.8, 4) is 0 Å². The van der Waals surface area contributed by atoms with E-state index in [2.05, 4.69) is 23.2 Å². The zero-order valence-electron chi connectivity index (χ0n) is 13.9. The second-order valence-corrected chi connectivity index (χ2v) is 7.38. The second kappa shape index (κ2) is 7.37. The minimum Gasteiger partial charge on any atom is -0.379 e. The van der Waals surface area contributed by atoms with Crippen LogP contribution in [0.1, 0.15) is 39.0 Å². The maximum absolute atomic E-state index is 12.7. The lowest BCUT2D eigenvalue weighted by Gasteiger charge is -2.49. The van der Waals surface area contributed by atoms with Crippen LogP contribution in [0.4, 0.5) is 0 Å². The van der Waals surface area contributed by atoms with Gasteiger partial charge in [0.2, 0.25) is 5.91 Å². The van der Waals surface area contributed by atoms with Crippen LogP contribution in [0.25, 0.3) is 0 Å². The molecule has 1 N–H and O–H groups in total. The van der Waals surface area contributed by atoms with E-state index in [1.54, 1.807) is 0 Å². The number of morpholine rings is 1. The molecule has 1 amide bonds. The fourth-order valence-electron chi connectivity index (χ4n) is 4.11. The summed E-state index contributed by atoms with van der Waals surface area (Å²) in [5.74, 6) is 0.658. The summed E-state index contributed by atoms with van der Waals surface area (Å²) < 4.78 is 5.48. The Hall–Kier alpha value is -0.840. The molecule has 1 saturated heterocycles. The van der Waals surface area contributed by atoms with E-state index in [0.717, 1.165) is 18.7 Å². The number of amides is 1. The van der Waals surface area contributed by atoms with Crippen molar-refractivity contribution < 1.29 is 9.53 Å². The van der Waals surface area contributed by atoms with Gasteiger partial charge in [0.1, 0.15) is 5.66 Å². The standard InChI is InChI=1S/C18H27ClN2O2/c1-14-5-4-8-16(19)18(14,21-9-11-23-12-10-21)20-17(22)13-15-6-2-3-7-15/h4-5,8,15-16H,2-3,6-7,9-13H2,1H3,(H,20,22). The van der Waals surface area contributed by atoms with Gasteiger partial charge in [-0.15, -0.1) is 11.6 Å². The summed E-state index contributed by atoms with van der Waals surface area (Å²) in [6.07, 6.45) is 11.5. The SMILES string of the molecule is CC1=CC=CC(Cl)C1(NC(=O)CC1CCCC1)N1CCOCC1. The van der Waals surface area contributed by atoms with E-state index in [1.165, 1.54) is 25.7 Å². The second-order valence-electron chi connectivity index (χ2n) is 6.90. The first-order chi connectivity index (χ1) is 11.1. The van der Waals surface area contributed by atoms with Crippen LogP contribution in [-0.2, 0) is 9.53 Å². The molecule has 1 saturated carbocycles. The molecule has 5 heteroatoms. The summed E-state index contributed by atoms with van der Waals surface area (Å²) >= 11 is 6.70. The van der Waals surface area contributed by atoms with Gasteiger partial charge >= 0.3 is 0 Å². The molecular formula is C18H27ClN2O2. The number of halogens is 1. The first-order valence-corrected chi connectivity index (χ1v) is 9.20. The van der Waals surface area contributed by atoms with Crippen LogP contribution in [0.5, 0.6) is 0 Å². The number of hydrogen-bond acceptors (Lipinski definition) is 3. The molecular weight excluding hydrogens is 312 g/mol. The third-order valence-electron chi connectivity index (χ3n) is 5.42. The van der Waals surface area contributed by atoms with Gasteiger partial charge in [-0.1, -0.05) is 31.1 Å². The molecule has 0 radical (unpaired) electrons. The number of nitrogens with one attached hydrogen (secondary N) is 1. The largest absolute Gasteiger partial charge is 0.379 e. The first kappa shape index (κ1) is 17.0. The van der Waals surface area contributed by atoms with E-state index >= 15 is 0 Å². The van der Waals surface area contributed by atoms with Gasteiger partial charge in [0, 0.05) is 19.5 Å². The topological polar surface area (TPSA) is 41.6 Å². The number of alkyl halides is 1. The fraction of sp³-hybridized carbons (Fsp3) is 0.722. The van der Waals surface area contributed by atoms with E-state index < -0.39 is 5.66 Å². The highest BCUT2D eigenvalue weighted by molar-refractivity contribution is 6.23. The van der Waals surface area contributed by atoms with Crippen molar-refractivity contribution in [3.63, 3.8) is 0 Å². The van der Waals surface area contributed by atoms with Gasteiger partial charge in [0.25, 0.3) is 0 Å². The predicted octanol–water partition coefficient (Wildman–Crippen LogP) is 2.83. The molecule has 0 bridgehead atoms. The number of carbonyl (C=O) groups excluding carboxylic acids is 1. The van der Waals surface area contributed by atoms with Gasteiger partial charge < -0.3 is 10.1 Å². The van der Waals surface area contributed by atoms with Gasteiger partial charge in [-0.05, 0) is 31.3 Å². The Morgan fingerprint density at radius 3 is 2.74 bits per heavy atom. The van der Waals surface area contributed by atoms with Crippen LogP contribution in [0, 0.1) is 5.92 Å². The maximum atomic E-state index is 12.7. The van der Waals surface area contributed by atoms with Gasteiger partial charge in [-0.2, -0.15) is 0 Å². The van der Waals surface area contributed by atoms with Crippen LogP contribution in [0.2, 0.25) is 0 Å². The number of carbonyl (C=O) groups is 1. The summed E-state index contributed by atoms with van der Waals surface area (Å²) in [5, 5.41) is 3.04. The van der Waals surface area contributed by atoms with Crippen molar-refractivity contribution in [2.24, 2.45) is 5.92 Å². The monoisotopic (exact) mass is 338 g/mol. The van der Waals surface area contributed by atoms with Crippen LogP contribution in [0.3, 0.4) is 0 Å². The Kier molecular flexibility index (Phi) is 5.45. The van der Waals surface area contributed by atoms with E-state index in [1.807, 2.05) is 12.2 Å². The van der Waals surface area contributed by atoms with E-state index in [-0.39, 0.29) is 11.3 Å². The highest BCUT2D eigenvalue weighted by Gasteiger charge is 2.46. The quantitative estimate of drug-likeness (QED) is 0.801. The first-order valence-electron chi connectivity index (χ1n) is 8.76. The average Bonchev–Trinajstić information content (AvgIpc) is 3.05. The van der Waals surface area contributed by atoms with Gasteiger partial charge in [0.05, 0.1) is 18.6 Å². The van der Waals surface area contributed by atoms with Gasteiger partial charge in [-0.3, -0.25) is 9.69 Å². The molecule has 2 aliphatic carbocycles. The van der Waals surface area contributed by atoms with Gasteiger partial charge in [-0.25, -0.2) is 0 Å². The van der Waals surface area contributed by atoms with E-state index in [9.17, 15) is 4.79 Å². The molecule has 128 valence electrons. The predicted molar refractivity (Wildman–Crippen MR) is 92.4 cm³/mol. The van der Waals surface area contributed by atoms with Crippen LogP contribution in [0.15, 0.2) is 23.8 Å². The smallest absolute Gasteiger partial charge is 0.222 e. The molecule has 2 unspecified atom stereocenters. The molecule has 1 aliphatic heterocycles. The molecule has 23 heavy (non-hydrogen) atoms. The Balaban J connectivity index is 1.78. The normalized spacial score (nSPS) is 32.8. The molecule has 3 aliphatic rings. The lowest BCUT2D eigenvalue weighted by Crippen LogP contribution is -2.68. The maximum Gasteiger partial charge on any atom is 0.222 e. The molecule has 0 aromatic heterocycles. The highest BCUT2D eigenvalue weighted by Crippen LogP contribution is 2.35. The number of allylic oxidation sites excluding steroid dienone is 2. The van der Waals surface area contributed by atoms with Crippen molar-refractivity contribution in [1.82, 2.24) is 10.2 Å². The molecule has 0 aromatic rings. The Labute approximate surface area is 143 Å². The Bertz CT molecular complexity index is 493. The molecule has 2 fully saturated rings. The molecule has 0 spiro atoms. The summed E-state index contributed by atoms with van der Waals surface area (Å²) in [7, 11) is 0. The van der Waals surface area contributed by atoms with Gasteiger partial charge in [0.15, 0.2) is 0 Å².